The Kier molecular flexibility index (Phi) is 17.5. The number of phosphoric acid groups is 1. The Balaban J connectivity index is 0.939. The number of carbonyl (C=O) groups is 1. The minimum atomic E-state index is -4.59. The molecule has 1 aromatic heterocycles. The number of phosphoric ester groups is 1. The molecule has 16 nitrogen and oxygen atoms in total. The van der Waals surface area contributed by atoms with E-state index >= 15 is 4.39 Å². The molecule has 2 aliphatic heterocycles. The van der Waals surface area contributed by atoms with Crippen molar-refractivity contribution in [3.8, 4) is 22.4 Å². The van der Waals surface area contributed by atoms with E-state index < -0.39 is 45.6 Å². The van der Waals surface area contributed by atoms with E-state index in [9.17, 15) is 41.1 Å². The topological polar surface area (TPSA) is 211 Å². The standard InChI is InChI=1S/C53H61ClFN6O10PS3/c1-35(2)61-36(3)50(53(62)63)51(52(61)37-10-12-39(54)13-11-37)38-30-40(55)32-44(31-38)60-28-26-59(27-29-60)43-16-14-41(15-17-43)57-75(69,70)47-18-19-48(49(33-47)74(4,67)68)56-42(34-73-46-8-6-5-7-9-46)20-23-58-24-21-45(22-25-58)71-72(64,65)66/h5-19,30-33,35,42,45,56-57H,20-29,34H2,1-4H3,(H,62,63)(H2,64,65,66). The number of carboxylic acids is 1. The van der Waals surface area contributed by atoms with Crippen molar-refractivity contribution < 1.29 is 50.0 Å². The number of nitrogens with one attached hydrogen (secondary N) is 2. The van der Waals surface area contributed by atoms with Crippen LogP contribution in [0.25, 0.3) is 22.4 Å². The molecule has 2 saturated heterocycles. The summed E-state index contributed by atoms with van der Waals surface area (Å²) >= 11 is 7.83. The number of piperidine rings is 1. The third-order valence-electron chi connectivity index (χ3n) is 13.4. The number of aromatic carboxylic acids is 1. The van der Waals surface area contributed by atoms with Gasteiger partial charge >= 0.3 is 13.8 Å². The Morgan fingerprint density at radius 3 is 2.08 bits per heavy atom. The number of sulfone groups is 1. The Labute approximate surface area is 447 Å². The van der Waals surface area contributed by atoms with Crippen LogP contribution in [-0.2, 0) is 28.9 Å². The van der Waals surface area contributed by atoms with E-state index in [0.29, 0.717) is 104 Å². The Morgan fingerprint density at radius 2 is 1.48 bits per heavy atom. The van der Waals surface area contributed by atoms with Crippen LogP contribution in [0.5, 0.6) is 0 Å². The van der Waals surface area contributed by atoms with Crippen molar-refractivity contribution >= 4 is 79.8 Å². The zero-order valence-electron chi connectivity index (χ0n) is 41.9. The fourth-order valence-corrected chi connectivity index (χ4v) is 13.6. The molecule has 1 atom stereocenters. The number of nitrogens with zero attached hydrogens (tertiary/aromatic N) is 4. The molecule has 75 heavy (non-hydrogen) atoms. The summed E-state index contributed by atoms with van der Waals surface area (Å²) in [6.07, 6.45) is 1.99. The highest BCUT2D eigenvalue weighted by molar-refractivity contribution is 7.99. The Bertz CT molecular complexity index is 3280. The highest BCUT2D eigenvalue weighted by Crippen LogP contribution is 2.43. The number of sulfonamides is 1. The van der Waals surface area contributed by atoms with Gasteiger partial charge in [-0.3, -0.25) is 9.25 Å². The van der Waals surface area contributed by atoms with Gasteiger partial charge in [-0.25, -0.2) is 30.6 Å². The molecule has 0 spiro atoms. The van der Waals surface area contributed by atoms with Crippen LogP contribution in [0.1, 0.15) is 55.2 Å². The lowest BCUT2D eigenvalue weighted by molar-refractivity contribution is 0.0690. The average molecular weight is 1120 g/mol. The van der Waals surface area contributed by atoms with Crippen LogP contribution in [0.3, 0.4) is 0 Å². The molecular weight excluding hydrogens is 1060 g/mol. The van der Waals surface area contributed by atoms with Gasteiger partial charge in [-0.15, -0.1) is 11.8 Å². The van der Waals surface area contributed by atoms with Gasteiger partial charge in [0.15, 0.2) is 9.84 Å². The number of anilines is 4. The Hall–Kier alpha value is -5.41. The number of benzene rings is 5. The fourth-order valence-electron chi connectivity index (χ4n) is 9.86. The lowest BCUT2D eigenvalue weighted by Gasteiger charge is -2.37. The number of hydrogen-bond donors (Lipinski definition) is 5. The van der Waals surface area contributed by atoms with Gasteiger partial charge in [0, 0.05) is 108 Å². The third kappa shape index (κ3) is 14.0. The van der Waals surface area contributed by atoms with E-state index in [4.69, 9.17) is 16.1 Å². The van der Waals surface area contributed by atoms with Crippen molar-refractivity contribution in [2.24, 2.45) is 0 Å². The van der Waals surface area contributed by atoms with E-state index in [1.165, 1.54) is 24.3 Å². The first-order chi connectivity index (χ1) is 35.5. The largest absolute Gasteiger partial charge is 0.478 e. The van der Waals surface area contributed by atoms with Gasteiger partial charge < -0.3 is 39.5 Å². The molecule has 2 aliphatic rings. The van der Waals surface area contributed by atoms with Crippen LogP contribution in [0.4, 0.5) is 27.1 Å². The summed E-state index contributed by atoms with van der Waals surface area (Å²) in [5.74, 6) is -1.06. The normalized spacial score (nSPS) is 15.6. The lowest BCUT2D eigenvalue weighted by Crippen LogP contribution is -2.46. The van der Waals surface area contributed by atoms with Crippen LogP contribution in [0.15, 0.2) is 130 Å². The SMILES string of the molecule is Cc1c(C(=O)O)c(-c2cc(F)cc(N3CCN(c4ccc(NS(=O)(=O)c5ccc(NC(CCN6CCC(OP(=O)(O)O)CC6)CSc6ccccc6)c(S(C)(=O)=O)c5)cc4)CC3)c2)c(-c2ccc(Cl)cc2)n1C(C)C. The monoisotopic (exact) mass is 1120 g/mol. The number of carboxylic acid groups (broad SMARTS) is 1. The predicted molar refractivity (Wildman–Crippen MR) is 295 cm³/mol. The fraction of sp³-hybridized carbons (Fsp3) is 0.340. The first-order valence-corrected chi connectivity index (χ1v) is 30.7. The number of rotatable bonds is 20. The second kappa shape index (κ2) is 23.5. The molecule has 5 N–H and O–H groups in total. The molecule has 22 heteroatoms. The number of hydrogen-bond acceptors (Lipinski definition) is 12. The third-order valence-corrected chi connectivity index (χ3v) is 17.9. The maximum Gasteiger partial charge on any atom is 0.469 e. The molecule has 0 bridgehead atoms. The van der Waals surface area contributed by atoms with Crippen molar-refractivity contribution in [3.63, 3.8) is 0 Å². The summed E-state index contributed by atoms with van der Waals surface area (Å²) < 4.78 is 90.9. The van der Waals surface area contributed by atoms with Gasteiger partial charge in [-0.2, -0.15) is 0 Å². The molecule has 1 unspecified atom stereocenters. The molecule has 5 aromatic carbocycles. The smallest absolute Gasteiger partial charge is 0.469 e. The van der Waals surface area contributed by atoms with Gasteiger partial charge in [0.2, 0.25) is 0 Å². The number of aromatic nitrogens is 1. The van der Waals surface area contributed by atoms with Gasteiger partial charge in [0.05, 0.1) is 32.8 Å². The molecule has 0 aliphatic carbocycles. The lowest BCUT2D eigenvalue weighted by atomic mass is 9.96. The van der Waals surface area contributed by atoms with Crippen molar-refractivity contribution in [1.82, 2.24) is 9.47 Å². The van der Waals surface area contributed by atoms with Gasteiger partial charge in [0.25, 0.3) is 10.0 Å². The van der Waals surface area contributed by atoms with Crippen LogP contribution in [0.2, 0.25) is 5.02 Å². The van der Waals surface area contributed by atoms with Gasteiger partial charge in [-0.1, -0.05) is 41.9 Å². The zero-order chi connectivity index (χ0) is 53.8. The Morgan fingerprint density at radius 1 is 0.840 bits per heavy atom. The molecule has 6 aromatic rings. The van der Waals surface area contributed by atoms with Crippen molar-refractivity contribution in [2.75, 3.05) is 77.7 Å². The molecule has 0 saturated carbocycles. The molecule has 0 radical (unpaired) electrons. The number of piperazine rings is 1. The first-order valence-electron chi connectivity index (χ1n) is 24.5. The maximum absolute atomic E-state index is 15.7. The molecule has 0 amide bonds. The summed E-state index contributed by atoms with van der Waals surface area (Å²) in [4.78, 5) is 38.3. The van der Waals surface area contributed by atoms with Gasteiger partial charge in [-0.05, 0) is 136 Å². The molecule has 2 fully saturated rings. The van der Waals surface area contributed by atoms with E-state index in [2.05, 4.69) is 24.7 Å². The van der Waals surface area contributed by atoms with Crippen LogP contribution in [0, 0.1) is 12.7 Å². The summed E-state index contributed by atoms with van der Waals surface area (Å²) in [5.41, 5.74) is 4.89. The second-order valence-electron chi connectivity index (χ2n) is 19.1. The van der Waals surface area contributed by atoms with E-state index in [-0.39, 0.29) is 38.8 Å². The van der Waals surface area contributed by atoms with Crippen molar-refractivity contribution in [1.29, 1.82) is 0 Å². The minimum Gasteiger partial charge on any atom is -0.478 e. The summed E-state index contributed by atoms with van der Waals surface area (Å²) in [6, 6.07) is 32.1. The van der Waals surface area contributed by atoms with E-state index in [0.717, 1.165) is 28.5 Å². The van der Waals surface area contributed by atoms with Crippen molar-refractivity contribution in [2.45, 2.75) is 72.9 Å². The van der Waals surface area contributed by atoms with E-state index in [1.54, 1.807) is 55.1 Å². The molecular formula is C53H61ClFN6O10PS3. The highest BCUT2D eigenvalue weighted by atomic mass is 35.5. The number of likely N-dealkylation sites (tertiary alicyclic amines) is 1. The van der Waals surface area contributed by atoms with Gasteiger partial charge in [0.1, 0.15) is 5.82 Å². The molecule has 3 heterocycles. The highest BCUT2D eigenvalue weighted by Gasteiger charge is 2.31. The zero-order valence-corrected chi connectivity index (χ0v) is 46.0. The summed E-state index contributed by atoms with van der Waals surface area (Å²) in [5, 5.41) is 14.5. The van der Waals surface area contributed by atoms with Crippen LogP contribution in [-0.4, -0.2) is 117 Å². The van der Waals surface area contributed by atoms with Crippen molar-refractivity contribution in [3.05, 3.63) is 137 Å². The van der Waals surface area contributed by atoms with Crippen LogP contribution >= 0.6 is 31.2 Å². The van der Waals surface area contributed by atoms with E-state index in [1.807, 2.05) is 66.9 Å². The number of thioether (sulfide) groups is 1. The maximum atomic E-state index is 15.7. The average Bonchev–Trinajstić information content (AvgIpc) is 3.68. The predicted octanol–water partition coefficient (Wildman–Crippen LogP) is 10.3. The molecule has 8 rings (SSSR count). The number of halogens is 2. The quantitative estimate of drug-likeness (QED) is 0.0356. The second-order valence-corrected chi connectivity index (χ2v) is 25.5. The molecule has 400 valence electrons. The first kappa shape index (κ1) is 55.8. The van der Waals surface area contributed by atoms with Crippen LogP contribution < -0.4 is 19.8 Å². The summed E-state index contributed by atoms with van der Waals surface area (Å²) in [6.45, 7) is 9.59. The minimum absolute atomic E-state index is 0.100. The summed E-state index contributed by atoms with van der Waals surface area (Å²) in [7, 11) is -12.8.